The molecule has 3 rings (SSSR count). The summed E-state index contributed by atoms with van der Waals surface area (Å²) in [5.41, 5.74) is 3.51. The molecule has 5 nitrogen and oxygen atoms in total. The third-order valence-corrected chi connectivity index (χ3v) is 3.72. The molecule has 2 aromatic rings. The van der Waals surface area contributed by atoms with Crippen LogP contribution in [0.2, 0.25) is 0 Å². The maximum absolute atomic E-state index is 11.8. The number of rotatable bonds is 4. The molecule has 1 heterocycles. The Hall–Kier alpha value is -3.08. The molecule has 2 aromatic carbocycles. The van der Waals surface area contributed by atoms with Crippen LogP contribution < -0.4 is 9.75 Å². The van der Waals surface area contributed by atoms with Crippen molar-refractivity contribution in [2.24, 2.45) is 5.10 Å². The average Bonchev–Trinajstić information content (AvgIpc) is 2.93. The standard InChI is InChI=1S/C19H18N2O3/c1-13-11-19(23)21(20-13)16-8-5-14(6-9-16)3-4-15-7-10-17(22)18(12-15)24-2/h3-10,12,22H,11H2,1-2H3/b4-3-. The van der Waals surface area contributed by atoms with E-state index in [-0.39, 0.29) is 11.7 Å². The summed E-state index contributed by atoms with van der Waals surface area (Å²) in [5, 5.41) is 15.3. The highest BCUT2D eigenvalue weighted by Crippen LogP contribution is 2.27. The summed E-state index contributed by atoms with van der Waals surface area (Å²) >= 11 is 0. The third kappa shape index (κ3) is 3.30. The molecule has 5 heteroatoms. The van der Waals surface area contributed by atoms with Crippen LogP contribution in [-0.4, -0.2) is 23.8 Å². The number of hydrazone groups is 1. The summed E-state index contributed by atoms with van der Waals surface area (Å²) in [6.45, 7) is 1.85. The van der Waals surface area contributed by atoms with E-state index >= 15 is 0 Å². The number of aromatic hydroxyl groups is 1. The Kier molecular flexibility index (Phi) is 4.33. The average molecular weight is 322 g/mol. The van der Waals surface area contributed by atoms with Crippen LogP contribution in [0.15, 0.2) is 47.6 Å². The van der Waals surface area contributed by atoms with Gasteiger partial charge in [0.05, 0.1) is 19.2 Å². The van der Waals surface area contributed by atoms with Crippen LogP contribution in [0, 0.1) is 0 Å². The summed E-state index contributed by atoms with van der Waals surface area (Å²) in [6.07, 6.45) is 4.26. The number of hydrogen-bond acceptors (Lipinski definition) is 4. The van der Waals surface area contributed by atoms with Crippen molar-refractivity contribution >= 4 is 29.5 Å². The lowest BCUT2D eigenvalue weighted by molar-refractivity contribution is -0.116. The lowest BCUT2D eigenvalue weighted by Gasteiger charge is -2.11. The normalized spacial score (nSPS) is 14.3. The lowest BCUT2D eigenvalue weighted by atomic mass is 10.1. The predicted molar refractivity (Wildman–Crippen MR) is 95.2 cm³/mol. The highest BCUT2D eigenvalue weighted by Gasteiger charge is 2.22. The van der Waals surface area contributed by atoms with Crippen LogP contribution in [0.25, 0.3) is 12.2 Å². The van der Waals surface area contributed by atoms with Crippen LogP contribution in [-0.2, 0) is 4.79 Å². The Bertz CT molecular complexity index is 823. The van der Waals surface area contributed by atoms with Crippen molar-refractivity contribution in [2.75, 3.05) is 12.1 Å². The molecule has 122 valence electrons. The Labute approximate surface area is 140 Å². The van der Waals surface area contributed by atoms with Gasteiger partial charge >= 0.3 is 0 Å². The van der Waals surface area contributed by atoms with Gasteiger partial charge in [-0.1, -0.05) is 30.4 Å². The molecule has 0 radical (unpaired) electrons. The smallest absolute Gasteiger partial charge is 0.253 e. The largest absolute Gasteiger partial charge is 0.504 e. The van der Waals surface area contributed by atoms with Crippen LogP contribution in [0.1, 0.15) is 24.5 Å². The molecule has 0 spiro atoms. The van der Waals surface area contributed by atoms with E-state index in [2.05, 4.69) is 5.10 Å². The first-order valence-corrected chi connectivity index (χ1v) is 7.59. The molecule has 1 N–H and O–H groups in total. The minimum Gasteiger partial charge on any atom is -0.504 e. The second-order valence-electron chi connectivity index (χ2n) is 5.57. The number of phenolic OH excluding ortho intramolecular Hbond substituents is 1. The molecular formula is C19H18N2O3. The van der Waals surface area contributed by atoms with Gasteiger partial charge in [-0.2, -0.15) is 5.10 Å². The number of nitrogens with zero attached hydrogens (tertiary/aromatic N) is 2. The number of benzene rings is 2. The molecule has 0 saturated carbocycles. The highest BCUT2D eigenvalue weighted by atomic mass is 16.5. The van der Waals surface area contributed by atoms with Gasteiger partial charge in [0.15, 0.2) is 11.5 Å². The topological polar surface area (TPSA) is 62.1 Å². The lowest BCUT2D eigenvalue weighted by Crippen LogP contribution is -2.19. The van der Waals surface area contributed by atoms with E-state index in [0.29, 0.717) is 12.2 Å². The number of anilines is 1. The van der Waals surface area contributed by atoms with Crippen LogP contribution in [0.5, 0.6) is 11.5 Å². The first-order chi connectivity index (χ1) is 11.6. The number of ether oxygens (including phenoxy) is 1. The van der Waals surface area contributed by atoms with Crippen molar-refractivity contribution in [3.05, 3.63) is 53.6 Å². The van der Waals surface area contributed by atoms with E-state index in [1.807, 2.05) is 49.4 Å². The summed E-state index contributed by atoms with van der Waals surface area (Å²) < 4.78 is 5.10. The van der Waals surface area contributed by atoms with Crippen molar-refractivity contribution in [1.82, 2.24) is 0 Å². The van der Waals surface area contributed by atoms with Gasteiger partial charge in [-0.15, -0.1) is 0 Å². The second-order valence-corrected chi connectivity index (χ2v) is 5.57. The Balaban J connectivity index is 1.76. The molecule has 0 aromatic heterocycles. The minimum atomic E-state index is -0.00743. The van der Waals surface area contributed by atoms with Crippen LogP contribution >= 0.6 is 0 Å². The Morgan fingerprint density at radius 2 is 1.79 bits per heavy atom. The quantitative estimate of drug-likeness (QED) is 0.873. The minimum absolute atomic E-state index is 0.00743. The van der Waals surface area contributed by atoms with Crippen LogP contribution in [0.3, 0.4) is 0 Å². The SMILES string of the molecule is COc1cc(/C=C\c2ccc(N3N=C(C)CC3=O)cc2)ccc1O. The van der Waals surface area contributed by atoms with E-state index in [9.17, 15) is 9.90 Å². The molecular weight excluding hydrogens is 304 g/mol. The first-order valence-electron chi connectivity index (χ1n) is 7.59. The summed E-state index contributed by atoms with van der Waals surface area (Å²) in [4.78, 5) is 11.8. The number of amides is 1. The monoisotopic (exact) mass is 322 g/mol. The molecule has 0 fully saturated rings. The fourth-order valence-electron chi connectivity index (χ4n) is 2.47. The molecule has 1 aliphatic rings. The number of phenols is 1. The summed E-state index contributed by atoms with van der Waals surface area (Å²) in [6, 6.07) is 12.8. The van der Waals surface area contributed by atoms with E-state index in [4.69, 9.17) is 4.74 Å². The molecule has 0 bridgehead atoms. The maximum Gasteiger partial charge on any atom is 0.253 e. The zero-order chi connectivity index (χ0) is 17.1. The zero-order valence-corrected chi connectivity index (χ0v) is 13.6. The number of hydrogen-bond donors (Lipinski definition) is 1. The molecule has 24 heavy (non-hydrogen) atoms. The van der Waals surface area contributed by atoms with Gasteiger partial charge in [-0.3, -0.25) is 4.79 Å². The summed E-state index contributed by atoms with van der Waals surface area (Å²) in [5.74, 6) is 0.547. The van der Waals surface area contributed by atoms with Gasteiger partial charge in [-0.05, 0) is 42.3 Å². The molecule has 1 aliphatic heterocycles. The van der Waals surface area contributed by atoms with Crippen molar-refractivity contribution in [1.29, 1.82) is 0 Å². The van der Waals surface area contributed by atoms with Gasteiger partial charge in [0, 0.05) is 5.71 Å². The van der Waals surface area contributed by atoms with Crippen molar-refractivity contribution in [3.63, 3.8) is 0 Å². The molecule has 1 amide bonds. The predicted octanol–water partition coefficient (Wildman–Crippen LogP) is 3.68. The van der Waals surface area contributed by atoms with Gasteiger partial charge in [0.1, 0.15) is 0 Å². The molecule has 0 atom stereocenters. The van der Waals surface area contributed by atoms with Gasteiger partial charge in [-0.25, -0.2) is 5.01 Å². The molecule has 0 unspecified atom stereocenters. The van der Waals surface area contributed by atoms with E-state index in [0.717, 1.165) is 22.5 Å². The maximum atomic E-state index is 11.8. The van der Waals surface area contributed by atoms with Gasteiger partial charge in [0.25, 0.3) is 5.91 Å². The molecule has 0 aliphatic carbocycles. The fraction of sp³-hybridized carbons (Fsp3) is 0.158. The Morgan fingerprint density at radius 3 is 2.42 bits per heavy atom. The second kappa shape index (κ2) is 6.58. The van der Waals surface area contributed by atoms with Crippen molar-refractivity contribution < 1.29 is 14.6 Å². The van der Waals surface area contributed by atoms with Crippen molar-refractivity contribution in [2.45, 2.75) is 13.3 Å². The van der Waals surface area contributed by atoms with Gasteiger partial charge in [0.2, 0.25) is 0 Å². The van der Waals surface area contributed by atoms with E-state index < -0.39 is 0 Å². The zero-order valence-electron chi connectivity index (χ0n) is 13.6. The van der Waals surface area contributed by atoms with Crippen molar-refractivity contribution in [3.8, 4) is 11.5 Å². The molecule has 0 saturated heterocycles. The van der Waals surface area contributed by atoms with E-state index in [1.165, 1.54) is 12.1 Å². The number of carbonyl (C=O) groups is 1. The first kappa shape index (κ1) is 15.8. The summed E-state index contributed by atoms with van der Waals surface area (Å²) in [7, 11) is 1.52. The highest BCUT2D eigenvalue weighted by molar-refractivity contribution is 6.12. The Morgan fingerprint density at radius 1 is 1.12 bits per heavy atom. The third-order valence-electron chi connectivity index (χ3n) is 3.72. The van der Waals surface area contributed by atoms with Gasteiger partial charge < -0.3 is 9.84 Å². The van der Waals surface area contributed by atoms with Crippen LogP contribution in [0.4, 0.5) is 5.69 Å². The fourth-order valence-corrected chi connectivity index (χ4v) is 2.47. The van der Waals surface area contributed by atoms with E-state index in [1.54, 1.807) is 12.1 Å². The number of methoxy groups -OCH3 is 1. The number of carbonyl (C=O) groups excluding carboxylic acids is 1.